The van der Waals surface area contributed by atoms with Crippen molar-refractivity contribution in [2.45, 2.75) is 44.8 Å². The lowest BCUT2D eigenvalue weighted by atomic mass is 10.0. The van der Waals surface area contributed by atoms with Crippen LogP contribution in [0.4, 0.5) is 0 Å². The van der Waals surface area contributed by atoms with Gasteiger partial charge in [0.2, 0.25) is 0 Å². The van der Waals surface area contributed by atoms with Crippen LogP contribution in [0.15, 0.2) is 11.4 Å². The van der Waals surface area contributed by atoms with Gasteiger partial charge in [0, 0.05) is 22.9 Å². The second-order valence-corrected chi connectivity index (χ2v) is 5.65. The molecule has 2 heterocycles. The van der Waals surface area contributed by atoms with Gasteiger partial charge in [-0.3, -0.25) is 0 Å². The topological polar surface area (TPSA) is 30.5 Å². The van der Waals surface area contributed by atoms with E-state index in [1.165, 1.54) is 17.7 Å². The summed E-state index contributed by atoms with van der Waals surface area (Å²) in [7, 11) is 1.72. The number of ether oxygens (including phenoxy) is 2. The van der Waals surface area contributed by atoms with Crippen LogP contribution in [0.2, 0.25) is 0 Å². The monoisotopic (exact) mass is 269 g/mol. The Balaban J connectivity index is 1.89. The zero-order valence-corrected chi connectivity index (χ0v) is 12.1. The molecule has 2 atom stereocenters. The number of hydrogen-bond donors (Lipinski definition) is 1. The SMILES string of the molecule is CCNC(CCC1CCCO1)c1cc(OC)cs1. The van der Waals surface area contributed by atoms with Crippen LogP contribution < -0.4 is 10.1 Å². The lowest BCUT2D eigenvalue weighted by Gasteiger charge is -2.18. The zero-order chi connectivity index (χ0) is 12.8. The highest BCUT2D eigenvalue weighted by molar-refractivity contribution is 7.10. The van der Waals surface area contributed by atoms with Gasteiger partial charge in [-0.05, 0) is 38.3 Å². The van der Waals surface area contributed by atoms with E-state index in [1.807, 2.05) is 0 Å². The van der Waals surface area contributed by atoms with E-state index in [0.717, 1.165) is 31.7 Å². The van der Waals surface area contributed by atoms with Gasteiger partial charge >= 0.3 is 0 Å². The predicted molar refractivity (Wildman–Crippen MR) is 75.5 cm³/mol. The number of thiophene rings is 1. The Labute approximate surface area is 113 Å². The number of nitrogens with one attached hydrogen (secondary N) is 1. The molecule has 1 aliphatic rings. The van der Waals surface area contributed by atoms with Crippen LogP contribution in [0.5, 0.6) is 5.75 Å². The van der Waals surface area contributed by atoms with Gasteiger partial charge < -0.3 is 14.8 Å². The first-order chi connectivity index (χ1) is 8.83. The van der Waals surface area contributed by atoms with Crippen LogP contribution in [0.25, 0.3) is 0 Å². The van der Waals surface area contributed by atoms with Crippen molar-refractivity contribution in [1.82, 2.24) is 5.32 Å². The Hall–Kier alpha value is -0.580. The molecule has 0 radical (unpaired) electrons. The third-order valence-corrected chi connectivity index (χ3v) is 4.45. The van der Waals surface area contributed by atoms with Crippen LogP contribution in [0.1, 0.15) is 43.5 Å². The molecule has 0 spiro atoms. The molecular weight excluding hydrogens is 246 g/mol. The first-order valence-electron chi connectivity index (χ1n) is 6.81. The number of hydrogen-bond acceptors (Lipinski definition) is 4. The minimum absolute atomic E-state index is 0.438. The summed E-state index contributed by atoms with van der Waals surface area (Å²) >= 11 is 1.78. The molecule has 3 nitrogen and oxygen atoms in total. The second-order valence-electron chi connectivity index (χ2n) is 4.71. The molecule has 0 aromatic carbocycles. The molecule has 0 bridgehead atoms. The summed E-state index contributed by atoms with van der Waals surface area (Å²) in [5.74, 6) is 0.968. The smallest absolute Gasteiger partial charge is 0.129 e. The average molecular weight is 269 g/mol. The number of methoxy groups -OCH3 is 1. The summed E-state index contributed by atoms with van der Waals surface area (Å²) in [6.07, 6.45) is 5.23. The molecule has 1 aromatic rings. The van der Waals surface area contributed by atoms with Crippen molar-refractivity contribution in [3.05, 3.63) is 16.3 Å². The van der Waals surface area contributed by atoms with Crippen LogP contribution in [0, 0.1) is 0 Å². The van der Waals surface area contributed by atoms with Crippen LogP contribution in [0.3, 0.4) is 0 Å². The van der Waals surface area contributed by atoms with Crippen molar-refractivity contribution in [2.24, 2.45) is 0 Å². The van der Waals surface area contributed by atoms with Crippen molar-refractivity contribution < 1.29 is 9.47 Å². The highest BCUT2D eigenvalue weighted by Gasteiger charge is 2.19. The highest BCUT2D eigenvalue weighted by Crippen LogP contribution is 2.30. The molecule has 18 heavy (non-hydrogen) atoms. The van der Waals surface area contributed by atoms with Gasteiger partial charge in [-0.2, -0.15) is 0 Å². The largest absolute Gasteiger partial charge is 0.496 e. The molecular formula is C14H23NO2S. The third-order valence-electron chi connectivity index (χ3n) is 3.43. The molecule has 0 saturated carbocycles. The molecule has 1 saturated heterocycles. The Kier molecular flexibility index (Phi) is 5.47. The van der Waals surface area contributed by atoms with Gasteiger partial charge in [-0.15, -0.1) is 11.3 Å². The average Bonchev–Trinajstić information content (AvgIpc) is 3.05. The summed E-state index contributed by atoms with van der Waals surface area (Å²) in [6.45, 7) is 4.10. The minimum atomic E-state index is 0.438. The van der Waals surface area contributed by atoms with Gasteiger partial charge in [-0.1, -0.05) is 6.92 Å². The molecule has 2 unspecified atom stereocenters. The molecule has 2 rings (SSSR count). The zero-order valence-electron chi connectivity index (χ0n) is 11.3. The Morgan fingerprint density at radius 1 is 1.61 bits per heavy atom. The molecule has 0 amide bonds. The van der Waals surface area contributed by atoms with Crippen molar-refractivity contribution in [1.29, 1.82) is 0 Å². The van der Waals surface area contributed by atoms with Gasteiger partial charge in [0.1, 0.15) is 5.75 Å². The van der Waals surface area contributed by atoms with Crippen molar-refractivity contribution in [2.75, 3.05) is 20.3 Å². The van der Waals surface area contributed by atoms with Crippen molar-refractivity contribution >= 4 is 11.3 Å². The Morgan fingerprint density at radius 3 is 3.11 bits per heavy atom. The van der Waals surface area contributed by atoms with Crippen LogP contribution in [-0.4, -0.2) is 26.4 Å². The first kappa shape index (κ1) is 13.8. The summed E-state index contributed by atoms with van der Waals surface area (Å²) in [5.41, 5.74) is 0. The summed E-state index contributed by atoms with van der Waals surface area (Å²) < 4.78 is 11.0. The van der Waals surface area contributed by atoms with Gasteiger partial charge in [0.25, 0.3) is 0 Å². The molecule has 0 aliphatic carbocycles. The van der Waals surface area contributed by atoms with E-state index in [9.17, 15) is 0 Å². The van der Waals surface area contributed by atoms with E-state index in [2.05, 4.69) is 23.7 Å². The van der Waals surface area contributed by atoms with E-state index in [1.54, 1.807) is 18.4 Å². The normalized spacial score (nSPS) is 21.1. The summed E-state index contributed by atoms with van der Waals surface area (Å²) in [5, 5.41) is 5.63. The first-order valence-corrected chi connectivity index (χ1v) is 7.69. The number of rotatable bonds is 7. The fourth-order valence-electron chi connectivity index (χ4n) is 2.44. The highest BCUT2D eigenvalue weighted by atomic mass is 32.1. The van der Waals surface area contributed by atoms with Gasteiger partial charge in [-0.25, -0.2) is 0 Å². The van der Waals surface area contributed by atoms with Gasteiger partial charge in [0.15, 0.2) is 0 Å². The summed E-state index contributed by atoms with van der Waals surface area (Å²) in [6, 6.07) is 2.58. The fourth-order valence-corrected chi connectivity index (χ4v) is 3.41. The van der Waals surface area contributed by atoms with E-state index in [4.69, 9.17) is 9.47 Å². The Morgan fingerprint density at radius 2 is 2.50 bits per heavy atom. The Bertz CT molecular complexity index is 347. The molecule has 1 aliphatic heterocycles. The molecule has 1 fully saturated rings. The summed E-state index contributed by atoms with van der Waals surface area (Å²) in [4.78, 5) is 1.37. The lowest BCUT2D eigenvalue weighted by Crippen LogP contribution is -2.21. The molecule has 4 heteroatoms. The second kappa shape index (κ2) is 7.12. The van der Waals surface area contributed by atoms with E-state index in [-0.39, 0.29) is 0 Å². The molecule has 1 aromatic heterocycles. The van der Waals surface area contributed by atoms with Crippen LogP contribution in [-0.2, 0) is 4.74 Å². The molecule has 102 valence electrons. The maximum Gasteiger partial charge on any atom is 0.129 e. The van der Waals surface area contributed by atoms with E-state index < -0.39 is 0 Å². The van der Waals surface area contributed by atoms with Gasteiger partial charge in [0.05, 0.1) is 13.2 Å². The quantitative estimate of drug-likeness (QED) is 0.823. The van der Waals surface area contributed by atoms with Crippen molar-refractivity contribution in [3.63, 3.8) is 0 Å². The lowest BCUT2D eigenvalue weighted by molar-refractivity contribution is 0.0997. The standard InChI is InChI=1S/C14H23NO2S/c1-3-15-13(7-6-11-5-4-8-17-11)14-9-12(16-2)10-18-14/h9-11,13,15H,3-8H2,1-2H3. The molecule has 1 N–H and O–H groups in total. The predicted octanol–water partition coefficient (Wildman–Crippen LogP) is 3.37. The van der Waals surface area contributed by atoms with E-state index in [0.29, 0.717) is 12.1 Å². The fraction of sp³-hybridized carbons (Fsp3) is 0.714. The third kappa shape index (κ3) is 3.70. The maximum atomic E-state index is 5.69. The maximum absolute atomic E-state index is 5.69. The van der Waals surface area contributed by atoms with Crippen LogP contribution >= 0.6 is 11.3 Å². The minimum Gasteiger partial charge on any atom is -0.496 e. The van der Waals surface area contributed by atoms with Crippen molar-refractivity contribution in [3.8, 4) is 5.75 Å². The van der Waals surface area contributed by atoms with E-state index >= 15 is 0 Å².